The highest BCUT2D eigenvalue weighted by atomic mass is 32.1. The molecular formula is C22H22F3N3O2S. The molecule has 1 N–H and O–H groups in total. The molecule has 1 fully saturated rings. The lowest BCUT2D eigenvalue weighted by Crippen LogP contribution is -2.34. The minimum Gasteiger partial charge on any atom is -0.381 e. The van der Waals surface area contributed by atoms with Crippen molar-refractivity contribution in [2.24, 2.45) is 5.41 Å². The molecule has 0 atom stereocenters. The number of thiophene rings is 1. The number of nitrogens with zero attached hydrogens (tertiary/aromatic N) is 2. The maximum absolute atomic E-state index is 14.4. The second kappa shape index (κ2) is 8.55. The summed E-state index contributed by atoms with van der Waals surface area (Å²) in [5, 5.41) is 12.0. The van der Waals surface area contributed by atoms with E-state index < -0.39 is 23.2 Å². The average molecular weight is 449 g/mol. The molecule has 2 aromatic heterocycles. The molecule has 1 saturated heterocycles. The molecule has 4 rings (SSSR count). The number of carbonyl (C=O) groups is 1. The Labute approximate surface area is 181 Å². The predicted molar refractivity (Wildman–Crippen MR) is 113 cm³/mol. The van der Waals surface area contributed by atoms with Crippen LogP contribution in [-0.2, 0) is 11.3 Å². The first-order valence-electron chi connectivity index (χ1n) is 9.99. The van der Waals surface area contributed by atoms with Crippen molar-refractivity contribution in [3.8, 4) is 0 Å². The van der Waals surface area contributed by atoms with Crippen LogP contribution in [0.2, 0.25) is 0 Å². The number of halogens is 3. The average Bonchev–Trinajstić information content (AvgIpc) is 3.20. The molecule has 5 nitrogen and oxygen atoms in total. The molecule has 1 aliphatic heterocycles. The van der Waals surface area contributed by atoms with Crippen LogP contribution >= 0.6 is 11.3 Å². The number of fused-ring (bicyclic) bond motifs is 1. The zero-order chi connectivity index (χ0) is 22.2. The molecule has 9 heteroatoms. The normalized spacial score (nSPS) is 16.1. The van der Waals surface area contributed by atoms with E-state index >= 15 is 0 Å². The van der Waals surface area contributed by atoms with E-state index in [1.54, 1.807) is 6.07 Å². The van der Waals surface area contributed by atoms with Gasteiger partial charge in [0.25, 0.3) is 6.43 Å². The van der Waals surface area contributed by atoms with Gasteiger partial charge in [-0.25, -0.2) is 13.2 Å². The fourth-order valence-corrected chi connectivity index (χ4v) is 4.92. The van der Waals surface area contributed by atoms with Crippen molar-refractivity contribution in [3.63, 3.8) is 0 Å². The molecule has 31 heavy (non-hydrogen) atoms. The van der Waals surface area contributed by atoms with Gasteiger partial charge in [0.15, 0.2) is 11.6 Å². The molecule has 0 bridgehead atoms. The van der Waals surface area contributed by atoms with Gasteiger partial charge in [0.2, 0.25) is 0 Å². The monoisotopic (exact) mass is 449 g/mol. The topological polar surface area (TPSA) is 64.1 Å². The highest BCUT2D eigenvalue weighted by Crippen LogP contribution is 2.39. The molecule has 1 aliphatic rings. The molecule has 0 radical (unpaired) electrons. The van der Waals surface area contributed by atoms with E-state index in [9.17, 15) is 18.0 Å². The third-order valence-corrected chi connectivity index (χ3v) is 7.02. The smallest absolute Gasteiger partial charge is 0.266 e. The second-order valence-corrected chi connectivity index (χ2v) is 9.02. The summed E-state index contributed by atoms with van der Waals surface area (Å²) in [6.07, 6.45) is -1.55. The number of carbonyl (C=O) groups excluding carboxylic acids is 1. The van der Waals surface area contributed by atoms with Crippen LogP contribution in [0.15, 0.2) is 24.3 Å². The Kier molecular flexibility index (Phi) is 5.98. The van der Waals surface area contributed by atoms with Gasteiger partial charge >= 0.3 is 0 Å². The molecule has 3 aromatic rings. The van der Waals surface area contributed by atoms with Gasteiger partial charge in [-0.15, -0.1) is 16.4 Å². The number of hydrogen-bond acceptors (Lipinski definition) is 6. The fourth-order valence-electron chi connectivity index (χ4n) is 3.73. The molecule has 3 heterocycles. The lowest BCUT2D eigenvalue weighted by atomic mass is 9.78. The van der Waals surface area contributed by atoms with Gasteiger partial charge in [-0.05, 0) is 25.8 Å². The second-order valence-electron chi connectivity index (χ2n) is 7.96. The Hall–Kier alpha value is -2.52. The molecular weight excluding hydrogens is 427 g/mol. The van der Waals surface area contributed by atoms with Gasteiger partial charge in [-0.1, -0.05) is 25.1 Å². The summed E-state index contributed by atoms with van der Waals surface area (Å²) in [7, 11) is 0. The van der Waals surface area contributed by atoms with E-state index in [4.69, 9.17) is 4.74 Å². The molecule has 0 aliphatic carbocycles. The van der Waals surface area contributed by atoms with E-state index in [-0.39, 0.29) is 17.9 Å². The van der Waals surface area contributed by atoms with Crippen molar-refractivity contribution in [1.29, 1.82) is 0 Å². The number of aryl methyl sites for hydroxylation is 1. The fraction of sp³-hybridized carbons (Fsp3) is 0.409. The van der Waals surface area contributed by atoms with Crippen molar-refractivity contribution >= 4 is 33.0 Å². The lowest BCUT2D eigenvalue weighted by Gasteiger charge is -2.31. The molecule has 1 aromatic carbocycles. The summed E-state index contributed by atoms with van der Waals surface area (Å²) < 4.78 is 46.5. The van der Waals surface area contributed by atoms with Crippen molar-refractivity contribution in [1.82, 2.24) is 10.2 Å². The minimum absolute atomic E-state index is 0.0343. The van der Waals surface area contributed by atoms with E-state index in [0.29, 0.717) is 47.8 Å². The van der Waals surface area contributed by atoms with Crippen molar-refractivity contribution in [3.05, 3.63) is 51.8 Å². The minimum atomic E-state index is -2.89. The summed E-state index contributed by atoms with van der Waals surface area (Å²) in [6, 6.07) is 5.70. The summed E-state index contributed by atoms with van der Waals surface area (Å²) in [6.45, 7) is 4.86. The largest absolute Gasteiger partial charge is 0.381 e. The van der Waals surface area contributed by atoms with E-state index in [2.05, 4.69) is 15.5 Å². The van der Waals surface area contributed by atoms with E-state index in [1.807, 2.05) is 13.8 Å². The Balaban J connectivity index is 1.63. The number of nitrogens with one attached hydrogen (secondary N) is 1. The number of rotatable bonds is 6. The number of aromatic nitrogens is 2. The highest BCUT2D eigenvalue weighted by Gasteiger charge is 2.36. The first kappa shape index (κ1) is 21.7. The van der Waals surface area contributed by atoms with Crippen molar-refractivity contribution < 1.29 is 22.7 Å². The Morgan fingerprint density at radius 3 is 2.74 bits per heavy atom. The van der Waals surface area contributed by atoms with Crippen LogP contribution in [0.25, 0.3) is 10.1 Å². The highest BCUT2D eigenvalue weighted by molar-refractivity contribution is 7.21. The van der Waals surface area contributed by atoms with Crippen LogP contribution in [0.5, 0.6) is 0 Å². The van der Waals surface area contributed by atoms with Crippen LogP contribution in [-0.4, -0.2) is 29.2 Å². The van der Waals surface area contributed by atoms with Crippen LogP contribution in [0.3, 0.4) is 0 Å². The summed E-state index contributed by atoms with van der Waals surface area (Å²) in [4.78, 5) is 13.8. The quantitative estimate of drug-likeness (QED) is 0.490. The Bertz CT molecular complexity index is 1130. The van der Waals surface area contributed by atoms with Gasteiger partial charge in [-0.3, -0.25) is 4.79 Å². The maximum Gasteiger partial charge on any atom is 0.266 e. The standard InChI is InChI=1S/C22H22F3N3O2S/c1-12-18-15(10-16(31-18)19(29)22(2)6-8-30-9-7-22)21(28-27-12)26-11-13-4-3-5-14(17(13)23)20(24)25/h3-5,10,20H,6-9,11H2,1-2H3,(H,26,28). The number of alkyl halides is 2. The molecule has 0 amide bonds. The van der Waals surface area contributed by atoms with Crippen molar-refractivity contribution in [2.45, 2.75) is 39.7 Å². The SMILES string of the molecule is Cc1nnc(NCc2cccc(C(F)F)c2F)c2cc(C(=O)C3(C)CCOCC3)sc12. The number of Topliss-reactive ketones (excluding diaryl/α,β-unsaturated/α-hetero) is 1. The third kappa shape index (κ3) is 4.16. The number of ether oxygens (including phenoxy) is 1. The van der Waals surface area contributed by atoms with Crippen LogP contribution in [0.4, 0.5) is 19.0 Å². The number of ketones is 1. The molecule has 0 unspecified atom stereocenters. The Morgan fingerprint density at radius 1 is 1.29 bits per heavy atom. The van der Waals surface area contributed by atoms with Gasteiger partial charge in [0, 0.05) is 36.1 Å². The predicted octanol–water partition coefficient (Wildman–Crippen LogP) is 5.69. The molecule has 0 saturated carbocycles. The maximum atomic E-state index is 14.4. The Morgan fingerprint density at radius 2 is 2.03 bits per heavy atom. The first-order valence-corrected chi connectivity index (χ1v) is 10.8. The zero-order valence-electron chi connectivity index (χ0n) is 17.2. The third-order valence-electron chi connectivity index (χ3n) is 5.77. The van der Waals surface area contributed by atoms with Gasteiger partial charge in [0.05, 0.1) is 20.8 Å². The number of anilines is 1. The molecule has 0 spiro atoms. The first-order chi connectivity index (χ1) is 14.8. The van der Waals surface area contributed by atoms with Gasteiger partial charge in [-0.2, -0.15) is 5.10 Å². The van der Waals surface area contributed by atoms with Gasteiger partial charge < -0.3 is 10.1 Å². The van der Waals surface area contributed by atoms with E-state index in [1.165, 1.54) is 23.5 Å². The van der Waals surface area contributed by atoms with E-state index in [0.717, 1.165) is 10.8 Å². The lowest BCUT2D eigenvalue weighted by molar-refractivity contribution is 0.0238. The van der Waals surface area contributed by atoms with Crippen LogP contribution in [0.1, 0.15) is 52.7 Å². The number of benzene rings is 1. The van der Waals surface area contributed by atoms with Crippen molar-refractivity contribution in [2.75, 3.05) is 18.5 Å². The zero-order valence-corrected chi connectivity index (χ0v) is 18.0. The van der Waals surface area contributed by atoms with Crippen LogP contribution < -0.4 is 5.32 Å². The summed E-state index contributed by atoms with van der Waals surface area (Å²) in [5.41, 5.74) is -0.310. The number of hydrogen-bond donors (Lipinski definition) is 1. The molecule has 164 valence electrons. The summed E-state index contributed by atoms with van der Waals surface area (Å²) in [5.74, 6) is -0.483. The summed E-state index contributed by atoms with van der Waals surface area (Å²) >= 11 is 1.36. The van der Waals surface area contributed by atoms with Gasteiger partial charge in [0.1, 0.15) is 5.82 Å². The van der Waals surface area contributed by atoms with Crippen LogP contribution in [0, 0.1) is 18.2 Å².